The third-order valence-corrected chi connectivity index (χ3v) is 5.43. The first-order chi connectivity index (χ1) is 8.73. The molecule has 1 unspecified atom stereocenters. The van der Waals surface area contributed by atoms with Crippen LogP contribution in [0, 0.1) is 0 Å². The topological polar surface area (TPSA) is 31.0 Å². The molecule has 19 heavy (non-hydrogen) atoms. The van der Waals surface area contributed by atoms with E-state index < -0.39 is 0 Å². The molecule has 3 fully saturated rings. The molecule has 0 saturated carbocycles. The van der Waals surface area contributed by atoms with Crippen LogP contribution in [0.1, 0.15) is 40.5 Å². The molecule has 110 valence electrons. The van der Waals surface area contributed by atoms with Gasteiger partial charge in [-0.25, -0.2) is 0 Å². The van der Waals surface area contributed by atoms with Crippen LogP contribution in [0.3, 0.4) is 0 Å². The van der Waals surface area contributed by atoms with E-state index in [4.69, 9.17) is 4.74 Å². The Kier molecular flexibility index (Phi) is 3.03. The summed E-state index contributed by atoms with van der Waals surface area (Å²) < 4.78 is 5.37. The van der Waals surface area contributed by atoms with E-state index in [9.17, 15) is 0 Å². The summed E-state index contributed by atoms with van der Waals surface area (Å²) in [4.78, 5) is 5.09. The van der Waals surface area contributed by atoms with Gasteiger partial charge in [-0.3, -0.25) is 15.1 Å². The first-order valence-electron chi connectivity index (χ1n) is 7.56. The molecule has 0 aromatic carbocycles. The van der Waals surface area contributed by atoms with Gasteiger partial charge >= 0.3 is 0 Å². The summed E-state index contributed by atoms with van der Waals surface area (Å²) in [5, 5.41) is 3.83. The first kappa shape index (κ1) is 13.8. The second-order valence-electron chi connectivity index (χ2n) is 8.12. The molecule has 1 atom stereocenters. The number of hydrogen-bond acceptors (Lipinski definition) is 4. The van der Waals surface area contributed by atoms with E-state index in [0.29, 0.717) is 6.10 Å². The lowest BCUT2D eigenvalue weighted by molar-refractivity contribution is -0.0443. The van der Waals surface area contributed by atoms with Crippen molar-refractivity contribution in [3.8, 4) is 0 Å². The van der Waals surface area contributed by atoms with Crippen molar-refractivity contribution < 1.29 is 4.74 Å². The zero-order chi connectivity index (χ0) is 13.9. The molecule has 0 aromatic heterocycles. The van der Waals surface area contributed by atoms with Crippen molar-refractivity contribution >= 4 is 0 Å². The van der Waals surface area contributed by atoms with E-state index in [1.165, 1.54) is 19.4 Å². The fourth-order valence-corrected chi connectivity index (χ4v) is 4.42. The van der Waals surface area contributed by atoms with Gasteiger partial charge in [0.05, 0.1) is 12.7 Å². The van der Waals surface area contributed by atoms with E-state index in [2.05, 4.69) is 49.9 Å². The van der Waals surface area contributed by atoms with Crippen LogP contribution < -0.4 is 5.32 Å². The van der Waals surface area contributed by atoms with Crippen LogP contribution in [0.2, 0.25) is 0 Å². The van der Waals surface area contributed by atoms with Crippen LogP contribution in [-0.2, 0) is 4.74 Å². The van der Waals surface area contributed by atoms with Crippen molar-refractivity contribution in [1.29, 1.82) is 0 Å². The van der Waals surface area contributed by atoms with Crippen LogP contribution >= 0.6 is 0 Å². The molecule has 3 heterocycles. The Morgan fingerprint density at radius 3 is 2.26 bits per heavy atom. The zero-order valence-electron chi connectivity index (χ0n) is 13.1. The highest BCUT2D eigenvalue weighted by Gasteiger charge is 2.53. The van der Waals surface area contributed by atoms with Crippen LogP contribution in [0.15, 0.2) is 0 Å². The van der Waals surface area contributed by atoms with Gasteiger partial charge in [0.1, 0.15) is 0 Å². The van der Waals surface area contributed by atoms with E-state index in [1.807, 2.05) is 0 Å². The fourth-order valence-electron chi connectivity index (χ4n) is 4.42. The van der Waals surface area contributed by atoms with E-state index in [-0.39, 0.29) is 16.6 Å². The average Bonchev–Trinajstić information content (AvgIpc) is 2.99. The average molecular weight is 267 g/mol. The lowest BCUT2D eigenvalue weighted by Gasteiger charge is -2.57. The highest BCUT2D eigenvalue weighted by Crippen LogP contribution is 2.44. The summed E-state index contributed by atoms with van der Waals surface area (Å²) in [6.07, 6.45) is 2.95. The van der Waals surface area contributed by atoms with Crippen LogP contribution in [0.5, 0.6) is 0 Å². The van der Waals surface area contributed by atoms with Crippen molar-refractivity contribution in [3.63, 3.8) is 0 Å². The van der Waals surface area contributed by atoms with Crippen LogP contribution in [0.4, 0.5) is 0 Å². The summed E-state index contributed by atoms with van der Waals surface area (Å²) in [6.45, 7) is 13.8. The van der Waals surface area contributed by atoms with Crippen molar-refractivity contribution in [3.05, 3.63) is 0 Å². The van der Waals surface area contributed by atoms with Crippen molar-refractivity contribution in [2.45, 2.75) is 63.3 Å². The van der Waals surface area contributed by atoms with Crippen LogP contribution in [0.25, 0.3) is 0 Å². The van der Waals surface area contributed by atoms with Gasteiger partial charge in [0.15, 0.2) is 0 Å². The summed E-state index contributed by atoms with van der Waals surface area (Å²) in [6, 6.07) is 0. The predicted molar refractivity (Wildman–Crippen MR) is 77.2 cm³/mol. The molecule has 0 radical (unpaired) electrons. The largest absolute Gasteiger partial charge is 0.372 e. The van der Waals surface area contributed by atoms with E-state index in [1.54, 1.807) is 0 Å². The normalized spacial score (nSPS) is 36.8. The predicted octanol–water partition coefficient (Wildman–Crippen LogP) is 1.27. The van der Waals surface area contributed by atoms with Crippen molar-refractivity contribution in [2.24, 2.45) is 0 Å². The van der Waals surface area contributed by atoms with E-state index >= 15 is 0 Å². The highest BCUT2D eigenvalue weighted by atomic mass is 16.6. The summed E-state index contributed by atoms with van der Waals surface area (Å²) in [5.41, 5.74) is 0.788. The molecule has 3 rings (SSSR count). The van der Waals surface area contributed by atoms with Gasteiger partial charge < -0.3 is 4.74 Å². The van der Waals surface area contributed by atoms with Gasteiger partial charge in [0.2, 0.25) is 0 Å². The summed E-state index contributed by atoms with van der Waals surface area (Å²) >= 11 is 0. The number of rotatable bonds is 2. The lowest BCUT2D eigenvalue weighted by atomic mass is 9.69. The van der Waals surface area contributed by atoms with Gasteiger partial charge in [0.25, 0.3) is 0 Å². The van der Waals surface area contributed by atoms with Crippen LogP contribution in [-0.4, -0.2) is 65.9 Å². The summed E-state index contributed by atoms with van der Waals surface area (Å²) in [5.74, 6) is 0. The monoisotopic (exact) mass is 267 g/mol. The van der Waals surface area contributed by atoms with Crippen molar-refractivity contribution in [1.82, 2.24) is 15.1 Å². The van der Waals surface area contributed by atoms with E-state index in [0.717, 1.165) is 19.8 Å². The first-order valence-corrected chi connectivity index (χ1v) is 7.56. The maximum absolute atomic E-state index is 5.37. The number of epoxide rings is 1. The van der Waals surface area contributed by atoms with Gasteiger partial charge in [-0.05, 0) is 47.6 Å². The smallest absolute Gasteiger partial charge is 0.0936 e. The standard InChI is InChI=1S/C15H29N3O/c1-13(2)8-15(9-14(3,4)17(13)5)10-18(11-16-15)6-12-7-19-12/h12,16H,6-11H2,1-5H3. The molecular weight excluding hydrogens is 238 g/mol. The zero-order valence-corrected chi connectivity index (χ0v) is 13.1. The number of nitrogens with zero attached hydrogens (tertiary/aromatic N) is 2. The third kappa shape index (κ3) is 2.56. The lowest BCUT2D eigenvalue weighted by Crippen LogP contribution is -2.67. The minimum Gasteiger partial charge on any atom is -0.372 e. The Morgan fingerprint density at radius 2 is 1.74 bits per heavy atom. The van der Waals surface area contributed by atoms with Gasteiger partial charge in [-0.15, -0.1) is 0 Å². The molecule has 1 N–H and O–H groups in total. The Morgan fingerprint density at radius 1 is 1.16 bits per heavy atom. The molecule has 3 aliphatic rings. The Hall–Kier alpha value is -0.160. The van der Waals surface area contributed by atoms with Gasteiger partial charge in [-0.2, -0.15) is 0 Å². The third-order valence-electron chi connectivity index (χ3n) is 5.43. The molecule has 0 amide bonds. The Bertz CT molecular complexity index is 344. The van der Waals surface area contributed by atoms with Gasteiger partial charge in [0, 0.05) is 36.4 Å². The second-order valence-corrected chi connectivity index (χ2v) is 8.12. The minimum atomic E-state index is 0.251. The molecule has 4 heteroatoms. The molecule has 0 bridgehead atoms. The Balaban J connectivity index is 1.73. The summed E-state index contributed by atoms with van der Waals surface area (Å²) in [7, 11) is 2.28. The number of likely N-dealkylation sites (tertiary alicyclic amines) is 1. The maximum Gasteiger partial charge on any atom is 0.0936 e. The second kappa shape index (κ2) is 4.17. The minimum absolute atomic E-state index is 0.251. The molecule has 3 saturated heterocycles. The molecule has 0 aromatic rings. The molecule has 0 aliphatic carbocycles. The molecule has 1 spiro atoms. The molecular formula is C15H29N3O. The SMILES string of the molecule is CN1C(C)(C)CC2(CN(CC3CO3)CN2)CC1(C)C. The number of nitrogens with one attached hydrogen (secondary N) is 1. The highest BCUT2D eigenvalue weighted by molar-refractivity contribution is 5.11. The maximum atomic E-state index is 5.37. The van der Waals surface area contributed by atoms with Gasteiger partial charge in [-0.1, -0.05) is 0 Å². The van der Waals surface area contributed by atoms with Crippen molar-refractivity contribution in [2.75, 3.05) is 33.4 Å². The number of ether oxygens (including phenoxy) is 1. The number of piperidine rings is 1. The quantitative estimate of drug-likeness (QED) is 0.764. The fraction of sp³-hybridized carbons (Fsp3) is 1.00. The number of hydrogen-bond donors (Lipinski definition) is 1. The molecule has 4 nitrogen and oxygen atoms in total. The molecule has 3 aliphatic heterocycles. The Labute approximate surface area is 117 Å².